The molecule has 21 heavy (non-hydrogen) atoms. The number of carbonyl (C=O) groups is 2. The highest BCUT2D eigenvalue weighted by molar-refractivity contribution is 5.80. The van der Waals surface area contributed by atoms with E-state index in [-0.39, 0.29) is 11.8 Å². The van der Waals surface area contributed by atoms with Crippen LogP contribution in [0.3, 0.4) is 0 Å². The van der Waals surface area contributed by atoms with Crippen molar-refractivity contribution in [1.82, 2.24) is 9.80 Å². The van der Waals surface area contributed by atoms with E-state index in [1.54, 1.807) is 0 Å². The number of ketones is 1. The molecule has 0 aliphatic rings. The first-order chi connectivity index (χ1) is 9.75. The molecule has 0 aromatic rings. The van der Waals surface area contributed by atoms with Crippen LogP contribution in [0.5, 0.6) is 0 Å². The number of hydrogen-bond donors (Lipinski definition) is 0. The first-order valence-electron chi connectivity index (χ1n) is 8.22. The molecule has 0 spiro atoms. The van der Waals surface area contributed by atoms with Gasteiger partial charge in [0.2, 0.25) is 5.91 Å². The molecule has 0 heterocycles. The summed E-state index contributed by atoms with van der Waals surface area (Å²) in [4.78, 5) is 27.5. The number of Topliss-reactive ketones (excluding diaryl/α,β-unsaturated/α-hetero) is 1. The molecule has 4 heteroatoms. The molecular weight excluding hydrogens is 264 g/mol. The van der Waals surface area contributed by atoms with Crippen molar-refractivity contribution in [3.05, 3.63) is 0 Å². The van der Waals surface area contributed by atoms with Gasteiger partial charge in [-0.15, -0.1) is 0 Å². The summed E-state index contributed by atoms with van der Waals surface area (Å²) >= 11 is 0. The lowest BCUT2D eigenvalue weighted by Crippen LogP contribution is -2.37. The van der Waals surface area contributed by atoms with E-state index in [1.807, 2.05) is 25.8 Å². The molecule has 0 N–H and O–H groups in total. The van der Waals surface area contributed by atoms with E-state index < -0.39 is 0 Å². The van der Waals surface area contributed by atoms with Gasteiger partial charge in [-0.2, -0.15) is 0 Å². The maximum atomic E-state index is 12.0. The summed E-state index contributed by atoms with van der Waals surface area (Å²) in [6.07, 6.45) is 4.00. The molecule has 0 rings (SSSR count). The minimum atomic E-state index is 0.135. The maximum Gasteiger partial charge on any atom is 0.222 e. The van der Waals surface area contributed by atoms with Crippen LogP contribution in [0, 0.1) is 5.92 Å². The smallest absolute Gasteiger partial charge is 0.222 e. The summed E-state index contributed by atoms with van der Waals surface area (Å²) in [7, 11) is 3.95. The van der Waals surface area contributed by atoms with Crippen molar-refractivity contribution < 1.29 is 9.59 Å². The Hall–Kier alpha value is -0.900. The molecule has 0 fully saturated rings. The summed E-state index contributed by atoms with van der Waals surface area (Å²) in [6, 6.07) is 0.506. The average molecular weight is 298 g/mol. The van der Waals surface area contributed by atoms with E-state index in [9.17, 15) is 9.59 Å². The molecule has 0 radical (unpaired) electrons. The second-order valence-corrected chi connectivity index (χ2v) is 6.57. The number of nitrogens with zero attached hydrogens (tertiary/aromatic N) is 2. The SMILES string of the molecule is CC(C)C(=O)CCCCCC(=O)N(C)CCN(C)C(C)C. The van der Waals surface area contributed by atoms with E-state index in [1.165, 1.54) is 0 Å². The highest BCUT2D eigenvalue weighted by atomic mass is 16.2. The summed E-state index contributed by atoms with van der Waals surface area (Å²) < 4.78 is 0. The molecule has 0 saturated heterocycles. The van der Waals surface area contributed by atoms with Crippen molar-refractivity contribution in [3.63, 3.8) is 0 Å². The molecule has 0 aliphatic carbocycles. The van der Waals surface area contributed by atoms with Gasteiger partial charge in [0.15, 0.2) is 0 Å². The normalized spacial score (nSPS) is 11.5. The zero-order chi connectivity index (χ0) is 16.4. The fourth-order valence-corrected chi connectivity index (χ4v) is 1.92. The third-order valence-electron chi connectivity index (χ3n) is 4.05. The van der Waals surface area contributed by atoms with Crippen LogP contribution in [0.1, 0.15) is 59.8 Å². The Kier molecular flexibility index (Phi) is 10.3. The average Bonchev–Trinajstić information content (AvgIpc) is 2.42. The number of amides is 1. The fraction of sp³-hybridized carbons (Fsp3) is 0.882. The van der Waals surface area contributed by atoms with Gasteiger partial charge in [0.1, 0.15) is 5.78 Å². The standard InChI is InChI=1S/C17H34N2O2/c1-14(2)16(20)10-8-7-9-11-17(21)19(6)13-12-18(5)15(3)4/h14-15H,7-13H2,1-6H3. The predicted molar refractivity (Wildman–Crippen MR) is 88.3 cm³/mol. The zero-order valence-electron chi connectivity index (χ0n) is 14.8. The van der Waals surface area contributed by atoms with E-state index >= 15 is 0 Å². The second-order valence-electron chi connectivity index (χ2n) is 6.57. The van der Waals surface area contributed by atoms with Gasteiger partial charge in [0.05, 0.1) is 0 Å². The Morgan fingerprint density at radius 3 is 1.95 bits per heavy atom. The third-order valence-corrected chi connectivity index (χ3v) is 4.05. The lowest BCUT2D eigenvalue weighted by atomic mass is 10.0. The fourth-order valence-electron chi connectivity index (χ4n) is 1.92. The topological polar surface area (TPSA) is 40.6 Å². The Labute approximate surface area is 130 Å². The Morgan fingerprint density at radius 2 is 1.43 bits per heavy atom. The van der Waals surface area contributed by atoms with Gasteiger partial charge < -0.3 is 9.80 Å². The molecule has 1 amide bonds. The van der Waals surface area contributed by atoms with Gasteiger partial charge >= 0.3 is 0 Å². The Bertz CT molecular complexity index is 314. The molecule has 124 valence electrons. The van der Waals surface area contributed by atoms with Crippen molar-refractivity contribution in [3.8, 4) is 0 Å². The number of rotatable bonds is 11. The van der Waals surface area contributed by atoms with Crippen LogP contribution >= 0.6 is 0 Å². The summed E-state index contributed by atoms with van der Waals surface area (Å²) in [5.41, 5.74) is 0. The van der Waals surface area contributed by atoms with Gasteiger partial charge in [-0.1, -0.05) is 20.3 Å². The van der Waals surface area contributed by atoms with E-state index in [0.717, 1.165) is 32.4 Å². The quantitative estimate of drug-likeness (QED) is 0.551. The van der Waals surface area contributed by atoms with Crippen LogP contribution in [0.25, 0.3) is 0 Å². The summed E-state index contributed by atoms with van der Waals surface area (Å²) in [5.74, 6) is 0.674. The number of hydrogen-bond acceptors (Lipinski definition) is 3. The molecule has 0 aromatic carbocycles. The summed E-state index contributed by atoms with van der Waals surface area (Å²) in [5, 5.41) is 0. The molecule has 0 bridgehead atoms. The van der Waals surface area contributed by atoms with Gasteiger partial charge in [0.25, 0.3) is 0 Å². The molecule has 4 nitrogen and oxygen atoms in total. The molecule has 0 aliphatic heterocycles. The first kappa shape index (κ1) is 20.1. The second kappa shape index (κ2) is 10.8. The van der Waals surface area contributed by atoms with E-state index in [2.05, 4.69) is 25.8 Å². The van der Waals surface area contributed by atoms with Crippen molar-refractivity contribution in [2.24, 2.45) is 5.92 Å². The molecular formula is C17H34N2O2. The lowest BCUT2D eigenvalue weighted by molar-refractivity contribution is -0.130. The predicted octanol–water partition coefficient (Wildman–Crippen LogP) is 2.96. The van der Waals surface area contributed by atoms with Crippen molar-refractivity contribution in [2.45, 2.75) is 65.8 Å². The van der Waals surface area contributed by atoms with Crippen molar-refractivity contribution >= 4 is 11.7 Å². The highest BCUT2D eigenvalue weighted by Gasteiger charge is 2.11. The molecule has 0 unspecified atom stereocenters. The third kappa shape index (κ3) is 9.62. The first-order valence-corrected chi connectivity index (χ1v) is 8.22. The van der Waals surface area contributed by atoms with Crippen molar-refractivity contribution in [2.75, 3.05) is 27.2 Å². The summed E-state index contributed by atoms with van der Waals surface area (Å²) in [6.45, 7) is 9.87. The Morgan fingerprint density at radius 1 is 0.857 bits per heavy atom. The molecule has 0 atom stereocenters. The minimum Gasteiger partial charge on any atom is -0.344 e. The van der Waals surface area contributed by atoms with Gasteiger partial charge in [-0.05, 0) is 33.7 Å². The minimum absolute atomic E-state index is 0.135. The van der Waals surface area contributed by atoms with Gasteiger partial charge in [0, 0.05) is 44.9 Å². The van der Waals surface area contributed by atoms with Gasteiger partial charge in [-0.3, -0.25) is 9.59 Å². The van der Waals surface area contributed by atoms with Crippen LogP contribution in [0.4, 0.5) is 0 Å². The highest BCUT2D eigenvalue weighted by Crippen LogP contribution is 2.08. The largest absolute Gasteiger partial charge is 0.344 e. The number of carbonyl (C=O) groups excluding carboxylic acids is 2. The maximum absolute atomic E-state index is 12.0. The van der Waals surface area contributed by atoms with Crippen LogP contribution in [-0.2, 0) is 9.59 Å². The van der Waals surface area contributed by atoms with Crippen LogP contribution in [0.15, 0.2) is 0 Å². The lowest BCUT2D eigenvalue weighted by Gasteiger charge is -2.24. The van der Waals surface area contributed by atoms with E-state index in [0.29, 0.717) is 24.7 Å². The van der Waals surface area contributed by atoms with Crippen LogP contribution in [-0.4, -0.2) is 54.7 Å². The number of unbranched alkanes of at least 4 members (excludes halogenated alkanes) is 2. The zero-order valence-corrected chi connectivity index (χ0v) is 14.8. The Balaban J connectivity index is 3.72. The van der Waals surface area contributed by atoms with Crippen LogP contribution < -0.4 is 0 Å². The molecule has 0 saturated carbocycles. The monoisotopic (exact) mass is 298 g/mol. The van der Waals surface area contributed by atoms with Crippen LogP contribution in [0.2, 0.25) is 0 Å². The van der Waals surface area contributed by atoms with Gasteiger partial charge in [-0.25, -0.2) is 0 Å². The molecule has 0 aromatic heterocycles. The number of likely N-dealkylation sites (N-methyl/N-ethyl adjacent to an activating group) is 2. The van der Waals surface area contributed by atoms with Crippen molar-refractivity contribution in [1.29, 1.82) is 0 Å². The van der Waals surface area contributed by atoms with E-state index in [4.69, 9.17) is 0 Å².